The number of ether oxygens (including phenoxy) is 2. The SMILES string of the molecule is COC1/C=C/CC(C)C(C)C(=O)NSc2ccc3c(c2)N(CC(c2ccc(C)cc2CC2(C)CC2)CO3)CC2CCC21. The number of hydrogen-bond acceptors (Lipinski definition) is 5. The van der Waals surface area contributed by atoms with E-state index in [9.17, 15) is 4.79 Å². The molecule has 4 aliphatic rings. The van der Waals surface area contributed by atoms with Gasteiger partial charge in [-0.1, -0.05) is 56.7 Å². The normalized spacial score (nSPS) is 31.5. The summed E-state index contributed by atoms with van der Waals surface area (Å²) in [7, 11) is 1.84. The van der Waals surface area contributed by atoms with Crippen LogP contribution in [-0.2, 0) is 16.0 Å². The number of allylic oxidation sites excluding steroid dienone is 1. The van der Waals surface area contributed by atoms with Gasteiger partial charge in [-0.05, 0) is 110 Å². The van der Waals surface area contributed by atoms with Gasteiger partial charge in [0.2, 0.25) is 5.91 Å². The van der Waals surface area contributed by atoms with Gasteiger partial charge in [0.25, 0.3) is 0 Å². The number of hydrogen-bond donors (Lipinski definition) is 1. The van der Waals surface area contributed by atoms with Crippen molar-refractivity contribution in [3.05, 3.63) is 65.2 Å². The maximum atomic E-state index is 13.0. The minimum atomic E-state index is -0.0736. The molecule has 1 N–H and O–H groups in total. The number of carbonyl (C=O) groups excluding carboxylic acids is 1. The lowest BCUT2D eigenvalue weighted by molar-refractivity contribution is -0.123. The molecule has 2 aliphatic heterocycles. The van der Waals surface area contributed by atoms with E-state index in [-0.39, 0.29) is 29.8 Å². The summed E-state index contributed by atoms with van der Waals surface area (Å²) in [5, 5.41) is 0. The van der Waals surface area contributed by atoms with Crippen LogP contribution in [0, 0.1) is 36.0 Å². The van der Waals surface area contributed by atoms with E-state index in [1.165, 1.54) is 54.3 Å². The Kier molecular flexibility index (Phi) is 8.66. The van der Waals surface area contributed by atoms with Crippen molar-refractivity contribution in [1.82, 2.24) is 4.72 Å². The van der Waals surface area contributed by atoms with Gasteiger partial charge in [0.15, 0.2) is 0 Å². The van der Waals surface area contributed by atoms with Crippen LogP contribution in [0.15, 0.2) is 53.4 Å². The molecule has 6 unspecified atom stereocenters. The molecular weight excluding hydrogens is 540 g/mol. The van der Waals surface area contributed by atoms with Gasteiger partial charge in [-0.3, -0.25) is 9.52 Å². The van der Waals surface area contributed by atoms with E-state index in [4.69, 9.17) is 9.47 Å². The lowest BCUT2D eigenvalue weighted by Crippen LogP contribution is -2.44. The van der Waals surface area contributed by atoms with Crippen molar-refractivity contribution in [2.75, 3.05) is 31.7 Å². The van der Waals surface area contributed by atoms with Gasteiger partial charge in [0.1, 0.15) is 5.75 Å². The molecule has 2 aromatic carbocycles. The first-order valence-corrected chi connectivity index (χ1v) is 16.8. The largest absolute Gasteiger partial charge is 0.491 e. The molecule has 0 aromatic heterocycles. The Morgan fingerprint density at radius 2 is 1.95 bits per heavy atom. The molecule has 6 atom stereocenters. The van der Waals surface area contributed by atoms with Crippen LogP contribution in [0.1, 0.15) is 75.5 Å². The van der Waals surface area contributed by atoms with Gasteiger partial charge >= 0.3 is 0 Å². The molecule has 6 rings (SSSR count). The van der Waals surface area contributed by atoms with Gasteiger partial charge in [-0.25, -0.2) is 0 Å². The highest BCUT2D eigenvalue weighted by atomic mass is 32.2. The fourth-order valence-electron chi connectivity index (χ4n) is 7.06. The Balaban J connectivity index is 1.34. The molecule has 1 amide bonds. The number of carbonyl (C=O) groups is 1. The standard InChI is InChI=1S/C36H48N2O3S/c1-23-9-12-30(27(17-23)19-36(4)15-16-36)28-21-38-20-26-10-13-31(26)33(40-5)8-6-7-24(2)25(3)35(39)37-42-29-11-14-34(41-22-28)32(38)18-29/h6,8-9,11-12,14,17-18,24-26,28,31,33H,7,10,13,15-16,19-22H2,1-5H3,(H,37,39)/b8-6+. The first kappa shape index (κ1) is 29.6. The Hall–Kier alpha value is -2.44. The summed E-state index contributed by atoms with van der Waals surface area (Å²) in [6, 6.07) is 13.5. The van der Waals surface area contributed by atoms with Crippen molar-refractivity contribution in [3.8, 4) is 5.75 Å². The number of benzene rings is 2. The molecule has 2 heterocycles. The average molecular weight is 589 g/mol. The molecule has 0 spiro atoms. The number of amides is 1. The number of nitrogens with zero attached hydrogens (tertiary/aromatic N) is 1. The highest BCUT2D eigenvalue weighted by Crippen LogP contribution is 2.49. The topological polar surface area (TPSA) is 50.8 Å². The Bertz CT molecular complexity index is 1320. The molecule has 2 saturated carbocycles. The van der Waals surface area contributed by atoms with Crippen LogP contribution in [0.2, 0.25) is 0 Å². The smallest absolute Gasteiger partial charge is 0.233 e. The van der Waals surface area contributed by atoms with E-state index in [2.05, 4.69) is 78.9 Å². The minimum absolute atomic E-state index is 0.0736. The van der Waals surface area contributed by atoms with Crippen LogP contribution in [0.4, 0.5) is 5.69 Å². The zero-order valence-electron chi connectivity index (χ0n) is 26.0. The fourth-order valence-corrected chi connectivity index (χ4v) is 7.77. The number of fused-ring (bicyclic) bond motifs is 2. The van der Waals surface area contributed by atoms with E-state index in [1.807, 2.05) is 14.0 Å². The number of anilines is 1. The average Bonchev–Trinajstić information content (AvgIpc) is 3.72. The van der Waals surface area contributed by atoms with Crippen LogP contribution in [0.5, 0.6) is 5.75 Å². The van der Waals surface area contributed by atoms with E-state index < -0.39 is 0 Å². The summed E-state index contributed by atoms with van der Waals surface area (Å²) >= 11 is 1.43. The summed E-state index contributed by atoms with van der Waals surface area (Å²) in [4.78, 5) is 16.7. The molecule has 2 bridgehead atoms. The second kappa shape index (κ2) is 12.3. The quantitative estimate of drug-likeness (QED) is 0.293. The van der Waals surface area contributed by atoms with E-state index in [0.717, 1.165) is 42.3 Å². The Morgan fingerprint density at radius 3 is 2.69 bits per heavy atom. The van der Waals surface area contributed by atoms with Crippen LogP contribution in [0.25, 0.3) is 0 Å². The summed E-state index contributed by atoms with van der Waals surface area (Å²) in [5.74, 6) is 2.56. The number of rotatable bonds is 4. The molecule has 0 radical (unpaired) electrons. The summed E-state index contributed by atoms with van der Waals surface area (Å²) in [6.07, 6.45) is 11.7. The zero-order chi connectivity index (χ0) is 29.4. The van der Waals surface area contributed by atoms with Gasteiger partial charge in [0.05, 0.1) is 18.4 Å². The van der Waals surface area contributed by atoms with Crippen LogP contribution < -0.4 is 14.4 Å². The highest BCUT2D eigenvalue weighted by molar-refractivity contribution is 7.98. The maximum absolute atomic E-state index is 13.0. The predicted molar refractivity (Wildman–Crippen MR) is 172 cm³/mol. The lowest BCUT2D eigenvalue weighted by Gasteiger charge is -2.43. The predicted octanol–water partition coefficient (Wildman–Crippen LogP) is 7.72. The highest BCUT2D eigenvalue weighted by Gasteiger charge is 2.40. The second-order valence-electron chi connectivity index (χ2n) is 13.9. The maximum Gasteiger partial charge on any atom is 0.233 e. The molecule has 2 fully saturated rings. The third-order valence-electron chi connectivity index (χ3n) is 10.6. The van der Waals surface area contributed by atoms with Crippen molar-refractivity contribution in [2.45, 2.75) is 83.1 Å². The van der Waals surface area contributed by atoms with Crippen LogP contribution in [0.3, 0.4) is 0 Å². The third kappa shape index (κ3) is 6.40. The number of aryl methyl sites for hydroxylation is 1. The molecule has 2 aliphatic carbocycles. The summed E-state index contributed by atoms with van der Waals surface area (Å²) < 4.78 is 15.8. The van der Waals surface area contributed by atoms with Crippen molar-refractivity contribution in [3.63, 3.8) is 0 Å². The van der Waals surface area contributed by atoms with Gasteiger partial charge < -0.3 is 14.4 Å². The number of methoxy groups -OCH3 is 1. The van der Waals surface area contributed by atoms with E-state index >= 15 is 0 Å². The molecule has 0 saturated heterocycles. The molecule has 5 nitrogen and oxygen atoms in total. The first-order valence-electron chi connectivity index (χ1n) is 16.0. The zero-order valence-corrected chi connectivity index (χ0v) is 26.8. The van der Waals surface area contributed by atoms with Crippen LogP contribution in [-0.4, -0.2) is 38.8 Å². The van der Waals surface area contributed by atoms with Crippen molar-refractivity contribution < 1.29 is 14.3 Å². The third-order valence-corrected chi connectivity index (χ3v) is 11.4. The van der Waals surface area contributed by atoms with Gasteiger partial charge in [-0.2, -0.15) is 0 Å². The molecular formula is C36H48N2O3S. The van der Waals surface area contributed by atoms with Crippen molar-refractivity contribution >= 4 is 23.5 Å². The van der Waals surface area contributed by atoms with E-state index in [1.54, 1.807) is 0 Å². The Morgan fingerprint density at radius 1 is 1.12 bits per heavy atom. The monoisotopic (exact) mass is 588 g/mol. The molecule has 2 aromatic rings. The van der Waals surface area contributed by atoms with Crippen molar-refractivity contribution in [2.24, 2.45) is 29.1 Å². The van der Waals surface area contributed by atoms with Crippen molar-refractivity contribution in [1.29, 1.82) is 0 Å². The molecule has 42 heavy (non-hydrogen) atoms. The number of nitrogens with one attached hydrogen (secondary N) is 1. The lowest BCUT2D eigenvalue weighted by atomic mass is 9.70. The van der Waals surface area contributed by atoms with Gasteiger partial charge in [-0.15, -0.1) is 0 Å². The fraction of sp³-hybridized carbons (Fsp3) is 0.583. The molecule has 226 valence electrons. The van der Waals surface area contributed by atoms with Crippen LogP contribution >= 0.6 is 11.9 Å². The summed E-state index contributed by atoms with van der Waals surface area (Å²) in [5.41, 5.74) is 5.87. The van der Waals surface area contributed by atoms with E-state index in [0.29, 0.717) is 23.9 Å². The molecule has 6 heteroatoms. The second-order valence-corrected chi connectivity index (χ2v) is 14.8. The first-order chi connectivity index (χ1) is 20.2. The van der Waals surface area contributed by atoms with Gasteiger partial charge in [0, 0.05) is 36.9 Å². The Labute approximate surface area is 256 Å². The minimum Gasteiger partial charge on any atom is -0.491 e. The summed E-state index contributed by atoms with van der Waals surface area (Å²) in [6.45, 7) is 11.4.